The monoisotopic (exact) mass is 140 g/mol. The Morgan fingerprint density at radius 3 is 2.90 bits per heavy atom. The summed E-state index contributed by atoms with van der Waals surface area (Å²) in [6.45, 7) is 0. The molecule has 1 aromatic rings. The molecule has 0 bridgehead atoms. The second-order valence-electron chi connectivity index (χ2n) is 2.00. The van der Waals surface area contributed by atoms with Gasteiger partial charge in [0.1, 0.15) is 0 Å². The molecule has 0 spiro atoms. The smallest absolute Gasteiger partial charge is 0.326 e. The largest absolute Gasteiger partial charge is 0.395 e. The van der Waals surface area contributed by atoms with Gasteiger partial charge >= 0.3 is 5.69 Å². The highest BCUT2D eigenvalue weighted by molar-refractivity contribution is 5.28. The van der Waals surface area contributed by atoms with Gasteiger partial charge in [0.25, 0.3) is 0 Å². The fourth-order valence-electron chi connectivity index (χ4n) is 0.599. The van der Waals surface area contributed by atoms with E-state index < -0.39 is 0 Å². The van der Waals surface area contributed by atoms with Crippen molar-refractivity contribution in [1.29, 1.82) is 5.41 Å². The predicted octanol–water partition coefficient (Wildman–Crippen LogP) is -1.22. The standard InChI is InChI=1S/C5H8N4O/c1-9-2-3(6)4(7)8-5(9)10/h2H,6H2,1H3,(H2,7,8,10). The topological polar surface area (TPSA) is 87.7 Å². The van der Waals surface area contributed by atoms with Gasteiger partial charge in [-0.2, -0.15) is 0 Å². The predicted molar refractivity (Wildman–Crippen MR) is 36.3 cm³/mol. The zero-order valence-corrected chi connectivity index (χ0v) is 5.51. The third kappa shape index (κ3) is 0.928. The summed E-state index contributed by atoms with van der Waals surface area (Å²) in [4.78, 5) is 13.0. The van der Waals surface area contributed by atoms with Crippen molar-refractivity contribution in [1.82, 2.24) is 9.55 Å². The van der Waals surface area contributed by atoms with E-state index in [4.69, 9.17) is 11.1 Å². The Labute approximate surface area is 56.6 Å². The van der Waals surface area contributed by atoms with Crippen molar-refractivity contribution in [3.63, 3.8) is 0 Å². The van der Waals surface area contributed by atoms with Crippen LogP contribution in [0.5, 0.6) is 0 Å². The molecule has 54 valence electrons. The van der Waals surface area contributed by atoms with Gasteiger partial charge in [-0.1, -0.05) is 0 Å². The Bertz CT molecular complexity index is 316. The summed E-state index contributed by atoms with van der Waals surface area (Å²) in [5.41, 5.74) is 5.20. The molecule has 0 aliphatic heterocycles. The Balaban J connectivity index is 3.59. The lowest BCUT2D eigenvalue weighted by atomic mass is 10.5. The third-order valence-electron chi connectivity index (χ3n) is 1.17. The van der Waals surface area contributed by atoms with E-state index in [2.05, 4.69) is 4.98 Å². The summed E-state index contributed by atoms with van der Waals surface area (Å²) in [6, 6.07) is 0. The van der Waals surface area contributed by atoms with Crippen LogP contribution in [0.3, 0.4) is 0 Å². The Morgan fingerprint density at radius 1 is 1.80 bits per heavy atom. The summed E-state index contributed by atoms with van der Waals surface area (Å²) in [5, 5.41) is 7.06. The summed E-state index contributed by atoms with van der Waals surface area (Å²) in [5.74, 6) is 0. The number of hydrogen-bond acceptors (Lipinski definition) is 3. The van der Waals surface area contributed by atoms with Gasteiger partial charge < -0.3 is 10.3 Å². The number of aromatic nitrogens is 2. The first-order chi connectivity index (χ1) is 4.61. The van der Waals surface area contributed by atoms with Gasteiger partial charge in [0.05, 0.1) is 5.69 Å². The third-order valence-corrected chi connectivity index (χ3v) is 1.17. The minimum Gasteiger partial charge on any atom is -0.395 e. The van der Waals surface area contributed by atoms with Crippen molar-refractivity contribution in [2.45, 2.75) is 0 Å². The molecule has 0 unspecified atom stereocenters. The summed E-state index contributed by atoms with van der Waals surface area (Å²) >= 11 is 0. The van der Waals surface area contributed by atoms with Crippen LogP contribution >= 0.6 is 0 Å². The molecule has 0 fully saturated rings. The molecule has 0 saturated heterocycles. The summed E-state index contributed by atoms with van der Waals surface area (Å²) in [7, 11) is 1.56. The van der Waals surface area contributed by atoms with Gasteiger partial charge in [-0.25, -0.2) is 4.79 Å². The Kier molecular flexibility index (Phi) is 1.33. The van der Waals surface area contributed by atoms with Crippen molar-refractivity contribution in [3.8, 4) is 0 Å². The zero-order valence-electron chi connectivity index (χ0n) is 5.51. The van der Waals surface area contributed by atoms with E-state index in [-0.39, 0.29) is 16.9 Å². The first-order valence-electron chi connectivity index (χ1n) is 2.71. The normalized spacial score (nSPS) is 9.70. The van der Waals surface area contributed by atoms with Crippen LogP contribution in [0.15, 0.2) is 11.0 Å². The van der Waals surface area contributed by atoms with Gasteiger partial charge in [0.15, 0.2) is 5.49 Å². The van der Waals surface area contributed by atoms with E-state index in [0.717, 1.165) is 0 Å². The second kappa shape index (κ2) is 2.02. The minimum absolute atomic E-state index is 0.0388. The van der Waals surface area contributed by atoms with Crippen LogP contribution in [-0.4, -0.2) is 9.55 Å². The number of aryl methyl sites for hydroxylation is 1. The van der Waals surface area contributed by atoms with E-state index in [0.29, 0.717) is 0 Å². The molecule has 0 saturated carbocycles. The molecule has 0 atom stereocenters. The van der Waals surface area contributed by atoms with Gasteiger partial charge in [0, 0.05) is 13.2 Å². The van der Waals surface area contributed by atoms with Crippen LogP contribution in [0.25, 0.3) is 0 Å². The highest BCUT2D eigenvalue weighted by atomic mass is 16.1. The van der Waals surface area contributed by atoms with E-state index in [1.807, 2.05) is 0 Å². The molecule has 0 radical (unpaired) electrons. The van der Waals surface area contributed by atoms with Crippen molar-refractivity contribution in [2.75, 3.05) is 5.73 Å². The molecule has 1 heterocycles. The van der Waals surface area contributed by atoms with Gasteiger partial charge in [-0.05, 0) is 0 Å². The van der Waals surface area contributed by atoms with Crippen molar-refractivity contribution in [2.24, 2.45) is 7.05 Å². The van der Waals surface area contributed by atoms with E-state index in [1.54, 1.807) is 7.05 Å². The SMILES string of the molecule is Cn1cc(N)c(=N)[nH]c1=O. The molecule has 10 heavy (non-hydrogen) atoms. The molecule has 5 heteroatoms. The van der Waals surface area contributed by atoms with Crippen molar-refractivity contribution < 1.29 is 0 Å². The number of nitrogens with one attached hydrogen (secondary N) is 2. The zero-order chi connectivity index (χ0) is 7.72. The number of nitrogens with two attached hydrogens (primary N) is 1. The number of H-pyrrole nitrogens is 1. The molecular weight excluding hydrogens is 132 g/mol. The number of rotatable bonds is 0. The fourth-order valence-corrected chi connectivity index (χ4v) is 0.599. The average molecular weight is 140 g/mol. The van der Waals surface area contributed by atoms with Gasteiger partial charge in [-0.15, -0.1) is 0 Å². The molecule has 0 aliphatic rings. The number of aromatic amines is 1. The molecule has 4 N–H and O–H groups in total. The first-order valence-corrected chi connectivity index (χ1v) is 2.71. The molecule has 0 aromatic carbocycles. The summed E-state index contributed by atoms with van der Waals surface area (Å²) < 4.78 is 1.29. The highest BCUT2D eigenvalue weighted by Crippen LogP contribution is 1.81. The fraction of sp³-hybridized carbons (Fsp3) is 0.200. The van der Waals surface area contributed by atoms with E-state index in [1.165, 1.54) is 10.8 Å². The van der Waals surface area contributed by atoms with Gasteiger partial charge in [-0.3, -0.25) is 10.4 Å². The van der Waals surface area contributed by atoms with E-state index >= 15 is 0 Å². The van der Waals surface area contributed by atoms with Crippen LogP contribution in [-0.2, 0) is 7.05 Å². The van der Waals surface area contributed by atoms with Crippen molar-refractivity contribution in [3.05, 3.63) is 22.2 Å². The number of anilines is 1. The molecular formula is C5H8N4O. The van der Waals surface area contributed by atoms with Crippen LogP contribution in [0, 0.1) is 5.41 Å². The molecule has 5 nitrogen and oxygen atoms in total. The average Bonchev–Trinajstić information content (AvgIpc) is 1.84. The van der Waals surface area contributed by atoms with Gasteiger partial charge in [0.2, 0.25) is 0 Å². The number of nitrogens with zero attached hydrogens (tertiary/aromatic N) is 1. The Morgan fingerprint density at radius 2 is 2.40 bits per heavy atom. The highest BCUT2D eigenvalue weighted by Gasteiger charge is 1.91. The number of nitrogen functional groups attached to an aromatic ring is 1. The van der Waals surface area contributed by atoms with Crippen molar-refractivity contribution >= 4 is 5.69 Å². The maximum Gasteiger partial charge on any atom is 0.326 e. The Hall–Kier alpha value is -1.52. The molecule has 0 amide bonds. The van der Waals surface area contributed by atoms with Crippen LogP contribution < -0.4 is 16.9 Å². The van der Waals surface area contributed by atoms with E-state index in [9.17, 15) is 4.79 Å². The van der Waals surface area contributed by atoms with Crippen LogP contribution in [0.2, 0.25) is 0 Å². The van der Waals surface area contributed by atoms with Crippen LogP contribution in [0.1, 0.15) is 0 Å². The van der Waals surface area contributed by atoms with Crippen LogP contribution in [0.4, 0.5) is 5.69 Å². The number of hydrogen-bond donors (Lipinski definition) is 3. The first kappa shape index (κ1) is 6.60. The molecule has 1 aromatic heterocycles. The lowest BCUT2D eigenvalue weighted by Gasteiger charge is -1.96. The quantitative estimate of drug-likeness (QED) is 0.421. The maximum atomic E-state index is 10.7. The lowest BCUT2D eigenvalue weighted by molar-refractivity contribution is 0.792. The lowest BCUT2D eigenvalue weighted by Crippen LogP contribution is -2.29. The molecule has 0 aliphatic carbocycles. The minimum atomic E-state index is -0.334. The second-order valence-corrected chi connectivity index (χ2v) is 2.00. The maximum absolute atomic E-state index is 10.7. The summed E-state index contributed by atoms with van der Waals surface area (Å²) in [6.07, 6.45) is 1.40. The molecule has 1 rings (SSSR count).